The van der Waals surface area contributed by atoms with Crippen LogP contribution in [0.5, 0.6) is 0 Å². The number of hydrogen-bond donors (Lipinski definition) is 3. The van der Waals surface area contributed by atoms with Crippen molar-refractivity contribution in [1.82, 2.24) is 15.1 Å². The van der Waals surface area contributed by atoms with Crippen LogP contribution in [0.15, 0.2) is 42.6 Å². The lowest BCUT2D eigenvalue weighted by atomic mass is 10.0. The van der Waals surface area contributed by atoms with Gasteiger partial charge in [0.05, 0.1) is 19.2 Å². The Balaban J connectivity index is 1.87. The molecule has 124 valence electrons. The second-order valence-electron chi connectivity index (χ2n) is 5.99. The fourth-order valence-electron chi connectivity index (χ4n) is 2.37. The van der Waals surface area contributed by atoms with Crippen molar-refractivity contribution in [2.24, 2.45) is 5.92 Å². The molecule has 2 amide bonds. The van der Waals surface area contributed by atoms with Gasteiger partial charge in [0.1, 0.15) is 0 Å². The van der Waals surface area contributed by atoms with Gasteiger partial charge in [-0.1, -0.05) is 44.2 Å². The van der Waals surface area contributed by atoms with Crippen molar-refractivity contribution in [2.75, 3.05) is 11.9 Å². The number of amides is 2. The summed E-state index contributed by atoms with van der Waals surface area (Å²) in [5.74, 6) is 0.886. The molecular formula is C17H24N4O2. The first kappa shape index (κ1) is 17.0. The molecule has 2 rings (SSSR count). The third kappa shape index (κ3) is 5.75. The Kier molecular flexibility index (Phi) is 6.17. The van der Waals surface area contributed by atoms with Crippen LogP contribution in [-0.4, -0.2) is 33.6 Å². The Morgan fingerprint density at radius 1 is 1.26 bits per heavy atom. The van der Waals surface area contributed by atoms with Crippen LogP contribution in [-0.2, 0) is 6.54 Å². The molecule has 0 saturated carbocycles. The average molecular weight is 316 g/mol. The van der Waals surface area contributed by atoms with Gasteiger partial charge in [-0.05, 0) is 17.9 Å². The molecule has 0 saturated heterocycles. The molecule has 6 heteroatoms. The average Bonchev–Trinajstić information content (AvgIpc) is 2.94. The molecule has 0 aliphatic carbocycles. The van der Waals surface area contributed by atoms with E-state index in [1.807, 2.05) is 50.4 Å². The van der Waals surface area contributed by atoms with Gasteiger partial charge in [0, 0.05) is 12.3 Å². The van der Waals surface area contributed by atoms with Gasteiger partial charge in [-0.2, -0.15) is 5.10 Å². The number of rotatable bonds is 7. The maximum absolute atomic E-state index is 11.9. The first-order valence-electron chi connectivity index (χ1n) is 7.82. The van der Waals surface area contributed by atoms with E-state index >= 15 is 0 Å². The maximum atomic E-state index is 11.9. The normalized spacial score (nSPS) is 12.2. The highest BCUT2D eigenvalue weighted by atomic mass is 16.3. The van der Waals surface area contributed by atoms with E-state index in [1.165, 1.54) is 0 Å². The van der Waals surface area contributed by atoms with Crippen LogP contribution >= 0.6 is 0 Å². The highest BCUT2D eigenvalue weighted by Crippen LogP contribution is 2.07. The van der Waals surface area contributed by atoms with Crippen LogP contribution in [0.3, 0.4) is 0 Å². The summed E-state index contributed by atoms with van der Waals surface area (Å²) in [5.41, 5.74) is 1.14. The predicted molar refractivity (Wildman–Crippen MR) is 90.3 cm³/mol. The number of nitrogens with zero attached hydrogens (tertiary/aromatic N) is 2. The minimum absolute atomic E-state index is 0.0753. The number of anilines is 1. The lowest BCUT2D eigenvalue weighted by Crippen LogP contribution is -2.41. The molecule has 1 atom stereocenters. The third-order valence-electron chi connectivity index (χ3n) is 3.38. The Hall–Kier alpha value is -2.34. The van der Waals surface area contributed by atoms with Gasteiger partial charge in [0.25, 0.3) is 0 Å². The monoisotopic (exact) mass is 316 g/mol. The van der Waals surface area contributed by atoms with Crippen molar-refractivity contribution < 1.29 is 9.90 Å². The smallest absolute Gasteiger partial charge is 0.320 e. The Labute approximate surface area is 136 Å². The maximum Gasteiger partial charge on any atom is 0.320 e. The number of nitrogens with one attached hydrogen (secondary N) is 2. The molecule has 23 heavy (non-hydrogen) atoms. The molecule has 1 unspecified atom stereocenters. The van der Waals surface area contributed by atoms with E-state index in [2.05, 4.69) is 15.7 Å². The van der Waals surface area contributed by atoms with E-state index in [0.29, 0.717) is 18.3 Å². The van der Waals surface area contributed by atoms with Crippen LogP contribution in [0.25, 0.3) is 0 Å². The van der Waals surface area contributed by atoms with Crippen LogP contribution in [0.4, 0.5) is 10.6 Å². The number of urea groups is 1. The van der Waals surface area contributed by atoms with Gasteiger partial charge >= 0.3 is 6.03 Å². The van der Waals surface area contributed by atoms with Gasteiger partial charge in [-0.25, -0.2) is 4.79 Å². The quantitative estimate of drug-likeness (QED) is 0.734. The standard InChI is InChI=1S/C17H24N4O2/c1-13(2)10-15(12-22)18-17(23)19-16-8-9-21(20-16)11-14-6-4-3-5-7-14/h3-9,13,15,22H,10-12H2,1-2H3,(H2,18,19,20,23). The number of carbonyl (C=O) groups is 1. The van der Waals surface area contributed by atoms with Gasteiger partial charge in [-0.15, -0.1) is 0 Å². The summed E-state index contributed by atoms with van der Waals surface area (Å²) in [6.07, 6.45) is 2.55. The minimum atomic E-state index is -0.352. The van der Waals surface area contributed by atoms with E-state index in [0.717, 1.165) is 12.0 Å². The molecule has 1 heterocycles. The summed E-state index contributed by atoms with van der Waals surface area (Å²) in [6.45, 7) is 4.67. The van der Waals surface area contributed by atoms with E-state index in [1.54, 1.807) is 10.7 Å². The van der Waals surface area contributed by atoms with Gasteiger partial charge in [0.15, 0.2) is 5.82 Å². The minimum Gasteiger partial charge on any atom is -0.394 e. The molecule has 0 spiro atoms. The topological polar surface area (TPSA) is 79.2 Å². The number of aromatic nitrogens is 2. The van der Waals surface area contributed by atoms with Crippen molar-refractivity contribution in [2.45, 2.75) is 32.9 Å². The number of hydrogen-bond acceptors (Lipinski definition) is 3. The molecule has 1 aromatic heterocycles. The van der Waals surface area contributed by atoms with Crippen LogP contribution in [0, 0.1) is 5.92 Å². The highest BCUT2D eigenvalue weighted by molar-refractivity contribution is 5.88. The summed E-state index contributed by atoms with van der Waals surface area (Å²) in [6, 6.07) is 11.1. The van der Waals surface area contributed by atoms with E-state index in [-0.39, 0.29) is 18.7 Å². The molecule has 3 N–H and O–H groups in total. The Morgan fingerprint density at radius 3 is 2.65 bits per heavy atom. The van der Waals surface area contributed by atoms with Crippen LogP contribution < -0.4 is 10.6 Å². The molecule has 0 radical (unpaired) electrons. The van der Waals surface area contributed by atoms with Crippen molar-refractivity contribution in [1.29, 1.82) is 0 Å². The number of carbonyl (C=O) groups excluding carboxylic acids is 1. The first-order chi connectivity index (χ1) is 11.1. The van der Waals surface area contributed by atoms with Crippen molar-refractivity contribution >= 4 is 11.8 Å². The van der Waals surface area contributed by atoms with E-state index in [4.69, 9.17) is 0 Å². The highest BCUT2D eigenvalue weighted by Gasteiger charge is 2.13. The van der Waals surface area contributed by atoms with Gasteiger partial charge in [0.2, 0.25) is 0 Å². The Morgan fingerprint density at radius 2 is 2.00 bits per heavy atom. The zero-order valence-electron chi connectivity index (χ0n) is 13.6. The second-order valence-corrected chi connectivity index (χ2v) is 5.99. The summed E-state index contributed by atoms with van der Waals surface area (Å²) in [4.78, 5) is 11.9. The molecule has 2 aromatic rings. The molecule has 6 nitrogen and oxygen atoms in total. The fraction of sp³-hybridized carbons (Fsp3) is 0.412. The summed E-state index contributed by atoms with van der Waals surface area (Å²) in [7, 11) is 0. The number of aliphatic hydroxyl groups is 1. The summed E-state index contributed by atoms with van der Waals surface area (Å²) >= 11 is 0. The van der Waals surface area contributed by atoms with Crippen molar-refractivity contribution in [3.05, 3.63) is 48.2 Å². The van der Waals surface area contributed by atoms with E-state index < -0.39 is 0 Å². The fourth-order valence-corrected chi connectivity index (χ4v) is 2.37. The number of benzene rings is 1. The summed E-state index contributed by atoms with van der Waals surface area (Å²) < 4.78 is 1.77. The molecule has 0 aliphatic heterocycles. The van der Waals surface area contributed by atoms with E-state index in [9.17, 15) is 9.90 Å². The zero-order valence-corrected chi connectivity index (χ0v) is 13.6. The lowest BCUT2D eigenvalue weighted by molar-refractivity contribution is 0.214. The predicted octanol–water partition coefficient (Wildman–Crippen LogP) is 2.46. The largest absolute Gasteiger partial charge is 0.394 e. The molecular weight excluding hydrogens is 292 g/mol. The third-order valence-corrected chi connectivity index (χ3v) is 3.38. The first-order valence-corrected chi connectivity index (χ1v) is 7.82. The molecule has 0 aliphatic rings. The lowest BCUT2D eigenvalue weighted by Gasteiger charge is -2.18. The Bertz CT molecular complexity index is 610. The molecule has 1 aromatic carbocycles. The van der Waals surface area contributed by atoms with Crippen LogP contribution in [0.2, 0.25) is 0 Å². The van der Waals surface area contributed by atoms with Gasteiger partial charge < -0.3 is 10.4 Å². The number of aliphatic hydroxyl groups excluding tert-OH is 1. The zero-order chi connectivity index (χ0) is 16.7. The second kappa shape index (κ2) is 8.33. The van der Waals surface area contributed by atoms with Gasteiger partial charge in [-0.3, -0.25) is 10.00 Å². The van der Waals surface area contributed by atoms with Crippen LogP contribution in [0.1, 0.15) is 25.8 Å². The summed E-state index contributed by atoms with van der Waals surface area (Å²) in [5, 5.41) is 19.1. The SMILES string of the molecule is CC(C)CC(CO)NC(=O)Nc1ccn(Cc2ccccc2)n1. The van der Waals surface area contributed by atoms with Crippen molar-refractivity contribution in [3.63, 3.8) is 0 Å². The van der Waals surface area contributed by atoms with Crippen molar-refractivity contribution in [3.8, 4) is 0 Å². The molecule has 0 bridgehead atoms. The molecule has 0 fully saturated rings.